The number of rotatable bonds is 7. The summed E-state index contributed by atoms with van der Waals surface area (Å²) in [6.07, 6.45) is 2.02. The minimum absolute atomic E-state index is 0.0114. The van der Waals surface area contributed by atoms with E-state index in [4.69, 9.17) is 9.47 Å². The Morgan fingerprint density at radius 1 is 1.04 bits per heavy atom. The number of hydrogen-bond acceptors (Lipinski definition) is 3. The summed E-state index contributed by atoms with van der Waals surface area (Å²) in [5.41, 5.74) is 2.57. The van der Waals surface area contributed by atoms with E-state index in [0.29, 0.717) is 0 Å². The van der Waals surface area contributed by atoms with Crippen molar-refractivity contribution in [3.05, 3.63) is 58.9 Å². The third-order valence-electron chi connectivity index (χ3n) is 3.87. The summed E-state index contributed by atoms with van der Waals surface area (Å²) < 4.78 is 25.2. The molecule has 0 N–H and O–H groups in total. The lowest BCUT2D eigenvalue weighted by molar-refractivity contribution is -0.134. The van der Waals surface area contributed by atoms with E-state index in [0.717, 1.165) is 24.2 Å². The van der Waals surface area contributed by atoms with Gasteiger partial charge in [-0.1, -0.05) is 39.0 Å². The Morgan fingerprint density at radius 2 is 1.83 bits per heavy atom. The fraction of sp³-hybridized carbons (Fsp3) is 0.350. The molecule has 2 aromatic rings. The van der Waals surface area contributed by atoms with Crippen molar-refractivity contribution in [2.45, 2.75) is 46.6 Å². The molecule has 0 aromatic heterocycles. The lowest BCUT2D eigenvalue weighted by Gasteiger charge is -2.14. The first kappa shape index (κ1) is 18.0. The highest BCUT2D eigenvalue weighted by Gasteiger charge is 2.14. The van der Waals surface area contributed by atoms with Crippen molar-refractivity contribution in [2.75, 3.05) is 0 Å². The predicted molar refractivity (Wildman–Crippen MR) is 91.9 cm³/mol. The maximum absolute atomic E-state index is 14.1. The van der Waals surface area contributed by atoms with E-state index in [1.807, 2.05) is 12.1 Å². The molecule has 0 unspecified atom stereocenters. The van der Waals surface area contributed by atoms with Gasteiger partial charge in [-0.3, -0.25) is 4.79 Å². The monoisotopic (exact) mass is 330 g/mol. The zero-order chi connectivity index (χ0) is 17.5. The Morgan fingerprint density at radius 3 is 2.50 bits per heavy atom. The zero-order valence-electron chi connectivity index (χ0n) is 14.4. The second-order valence-corrected chi connectivity index (χ2v) is 5.48. The Kier molecular flexibility index (Phi) is 6.36. The third-order valence-corrected chi connectivity index (χ3v) is 3.87. The van der Waals surface area contributed by atoms with Gasteiger partial charge in [-0.05, 0) is 42.2 Å². The topological polar surface area (TPSA) is 35.5 Å². The summed E-state index contributed by atoms with van der Waals surface area (Å²) in [6, 6.07) is 10.5. The molecule has 0 saturated carbocycles. The minimum atomic E-state index is -0.445. The van der Waals surface area contributed by atoms with Gasteiger partial charge < -0.3 is 9.47 Å². The molecule has 0 aliphatic carbocycles. The molecular formula is C20H23FO3. The Bertz CT molecular complexity index is 710. The maximum Gasteiger partial charge on any atom is 0.310 e. The second-order valence-electron chi connectivity index (χ2n) is 5.48. The molecule has 0 aliphatic heterocycles. The third kappa shape index (κ3) is 4.34. The number of benzene rings is 2. The lowest BCUT2D eigenvalue weighted by atomic mass is 10.1. The number of carbonyl (C=O) groups excluding carboxylic acids is 1. The van der Waals surface area contributed by atoms with E-state index in [9.17, 15) is 9.18 Å². The van der Waals surface area contributed by atoms with Crippen molar-refractivity contribution in [1.82, 2.24) is 0 Å². The zero-order valence-corrected chi connectivity index (χ0v) is 14.4. The van der Waals surface area contributed by atoms with Gasteiger partial charge in [0.05, 0.1) is 5.56 Å². The van der Waals surface area contributed by atoms with Crippen molar-refractivity contribution in [1.29, 1.82) is 0 Å². The van der Waals surface area contributed by atoms with Gasteiger partial charge in [-0.15, -0.1) is 0 Å². The summed E-state index contributed by atoms with van der Waals surface area (Å²) in [7, 11) is 0. The number of carbonyl (C=O) groups is 1. The number of ether oxygens (including phenoxy) is 2. The normalized spacial score (nSPS) is 10.5. The molecular weight excluding hydrogens is 307 g/mol. The predicted octanol–water partition coefficient (Wildman–Crippen LogP) is 4.84. The fourth-order valence-electron chi connectivity index (χ4n) is 2.39. The van der Waals surface area contributed by atoms with Crippen LogP contribution in [0.3, 0.4) is 0 Å². The second kappa shape index (κ2) is 8.48. The quantitative estimate of drug-likeness (QED) is 0.538. The molecule has 2 rings (SSSR count). The Balaban J connectivity index is 2.21. The van der Waals surface area contributed by atoms with Crippen LogP contribution >= 0.6 is 0 Å². The first-order valence-corrected chi connectivity index (χ1v) is 8.31. The summed E-state index contributed by atoms with van der Waals surface area (Å²) >= 11 is 0. The molecule has 0 aliphatic rings. The van der Waals surface area contributed by atoms with Gasteiger partial charge in [-0.25, -0.2) is 4.39 Å². The molecule has 24 heavy (non-hydrogen) atoms. The van der Waals surface area contributed by atoms with Crippen LogP contribution in [-0.2, 0) is 24.2 Å². The average molecular weight is 330 g/mol. The van der Waals surface area contributed by atoms with E-state index in [1.54, 1.807) is 13.0 Å². The first-order chi connectivity index (χ1) is 11.6. The largest absolute Gasteiger partial charge is 0.488 e. The van der Waals surface area contributed by atoms with Crippen LogP contribution in [0.2, 0.25) is 0 Å². The molecule has 0 atom stereocenters. The van der Waals surface area contributed by atoms with Crippen LogP contribution in [-0.4, -0.2) is 5.97 Å². The van der Waals surface area contributed by atoms with E-state index >= 15 is 0 Å². The van der Waals surface area contributed by atoms with Gasteiger partial charge in [0, 0.05) is 6.42 Å². The highest BCUT2D eigenvalue weighted by molar-refractivity contribution is 5.72. The van der Waals surface area contributed by atoms with Gasteiger partial charge in [0.15, 0.2) is 0 Å². The number of esters is 1. The smallest absolute Gasteiger partial charge is 0.310 e. The highest BCUT2D eigenvalue weighted by atomic mass is 19.1. The van der Waals surface area contributed by atoms with Crippen LogP contribution in [0.25, 0.3) is 0 Å². The van der Waals surface area contributed by atoms with Crippen molar-refractivity contribution in [2.24, 2.45) is 0 Å². The molecule has 0 fully saturated rings. The van der Waals surface area contributed by atoms with Gasteiger partial charge in [-0.2, -0.15) is 0 Å². The van der Waals surface area contributed by atoms with Gasteiger partial charge in [0.25, 0.3) is 0 Å². The molecule has 4 heteroatoms. The molecule has 0 amide bonds. The number of aryl methyl sites for hydroxylation is 2. The van der Waals surface area contributed by atoms with Gasteiger partial charge >= 0.3 is 5.97 Å². The lowest BCUT2D eigenvalue weighted by Crippen LogP contribution is -2.10. The van der Waals surface area contributed by atoms with Crippen LogP contribution in [0.1, 0.15) is 43.9 Å². The Hall–Kier alpha value is -2.36. The van der Waals surface area contributed by atoms with Crippen LogP contribution < -0.4 is 9.47 Å². The molecule has 128 valence electrons. The standard InChI is InChI=1S/C20H23FO3/c1-4-14-10-11-18(15(5-2)12-14)23-13-16-17(21)8-7-9-19(16)24-20(22)6-3/h7-12H,4-6,13H2,1-3H3. The molecule has 0 saturated heterocycles. The van der Waals surface area contributed by atoms with Gasteiger partial charge in [0.1, 0.15) is 23.9 Å². The van der Waals surface area contributed by atoms with E-state index in [-0.39, 0.29) is 24.3 Å². The van der Waals surface area contributed by atoms with Crippen molar-refractivity contribution in [3.8, 4) is 11.5 Å². The summed E-state index contributed by atoms with van der Waals surface area (Å²) in [5.74, 6) is 0.0961. The maximum atomic E-state index is 14.1. The van der Waals surface area contributed by atoms with Crippen molar-refractivity contribution in [3.63, 3.8) is 0 Å². The average Bonchev–Trinajstić information content (AvgIpc) is 2.61. The van der Waals surface area contributed by atoms with E-state index in [1.165, 1.54) is 17.7 Å². The molecule has 3 nitrogen and oxygen atoms in total. The SMILES string of the molecule is CCC(=O)Oc1cccc(F)c1COc1ccc(CC)cc1CC. The van der Waals surface area contributed by atoms with Crippen molar-refractivity contribution < 1.29 is 18.7 Å². The van der Waals surface area contributed by atoms with Crippen molar-refractivity contribution >= 4 is 5.97 Å². The van der Waals surface area contributed by atoms with Gasteiger partial charge in [0.2, 0.25) is 0 Å². The molecule has 0 radical (unpaired) electrons. The number of hydrogen-bond donors (Lipinski definition) is 0. The fourth-order valence-corrected chi connectivity index (χ4v) is 2.39. The van der Waals surface area contributed by atoms with Crippen LogP contribution in [0.5, 0.6) is 11.5 Å². The van der Waals surface area contributed by atoms with E-state index in [2.05, 4.69) is 19.9 Å². The van der Waals surface area contributed by atoms with E-state index < -0.39 is 11.8 Å². The highest BCUT2D eigenvalue weighted by Crippen LogP contribution is 2.26. The Labute approximate surface area is 142 Å². The summed E-state index contributed by atoms with van der Waals surface area (Å²) in [5, 5.41) is 0. The number of halogens is 1. The summed E-state index contributed by atoms with van der Waals surface area (Å²) in [4.78, 5) is 11.5. The summed E-state index contributed by atoms with van der Waals surface area (Å²) in [6.45, 7) is 5.86. The van der Waals surface area contributed by atoms with Crippen LogP contribution in [0.4, 0.5) is 4.39 Å². The first-order valence-electron chi connectivity index (χ1n) is 8.31. The molecule has 0 bridgehead atoms. The minimum Gasteiger partial charge on any atom is -0.488 e. The molecule has 0 spiro atoms. The van der Waals surface area contributed by atoms with Crippen LogP contribution in [0, 0.1) is 5.82 Å². The molecule has 0 heterocycles. The molecule has 2 aromatic carbocycles. The van der Waals surface area contributed by atoms with Crippen LogP contribution in [0.15, 0.2) is 36.4 Å².